The molecule has 2 atom stereocenters. The van der Waals surface area contributed by atoms with Gasteiger partial charge in [-0.1, -0.05) is 67.1 Å². The lowest BCUT2D eigenvalue weighted by Gasteiger charge is -2.45. The van der Waals surface area contributed by atoms with Gasteiger partial charge in [-0.25, -0.2) is 0 Å². The third-order valence-corrected chi connectivity index (χ3v) is 6.22. The van der Waals surface area contributed by atoms with Crippen molar-refractivity contribution >= 4 is 0 Å². The van der Waals surface area contributed by atoms with Crippen LogP contribution in [0.15, 0.2) is 60.7 Å². The summed E-state index contributed by atoms with van der Waals surface area (Å²) in [5.74, 6) is 0.856. The average Bonchev–Trinajstić information content (AvgIpc) is 3.06. The van der Waals surface area contributed by atoms with E-state index >= 15 is 0 Å². The zero-order valence-corrected chi connectivity index (χ0v) is 14.0. The molecule has 1 aliphatic heterocycles. The average molecular weight is 305 g/mol. The van der Waals surface area contributed by atoms with Gasteiger partial charge in [0.05, 0.1) is 0 Å². The Morgan fingerprint density at radius 2 is 1.65 bits per heavy atom. The standard InChI is InChI=1S/C22H27N/c1-3-8-19(9-4-1)13-16-23-17-15-22(14-7-12-21(22)18-23)20-10-5-2-6-11-20/h1-6,8-11,21H,7,12-18H2. The van der Waals surface area contributed by atoms with Gasteiger partial charge in [-0.3, -0.25) is 0 Å². The van der Waals surface area contributed by atoms with E-state index in [4.69, 9.17) is 0 Å². The van der Waals surface area contributed by atoms with E-state index in [1.807, 2.05) is 0 Å². The summed E-state index contributed by atoms with van der Waals surface area (Å²) in [5, 5.41) is 0. The van der Waals surface area contributed by atoms with Crippen LogP contribution in [0, 0.1) is 5.92 Å². The monoisotopic (exact) mass is 305 g/mol. The van der Waals surface area contributed by atoms with Gasteiger partial charge >= 0.3 is 0 Å². The van der Waals surface area contributed by atoms with Crippen LogP contribution in [0.2, 0.25) is 0 Å². The molecular weight excluding hydrogens is 278 g/mol. The van der Waals surface area contributed by atoms with Crippen molar-refractivity contribution in [3.63, 3.8) is 0 Å². The van der Waals surface area contributed by atoms with Crippen molar-refractivity contribution in [3.8, 4) is 0 Å². The predicted molar refractivity (Wildman–Crippen MR) is 96.7 cm³/mol. The molecule has 2 aliphatic rings. The minimum Gasteiger partial charge on any atom is -0.303 e. The van der Waals surface area contributed by atoms with Gasteiger partial charge in [0.15, 0.2) is 0 Å². The highest BCUT2D eigenvalue weighted by Gasteiger charge is 2.46. The highest BCUT2D eigenvalue weighted by atomic mass is 15.1. The zero-order chi connectivity index (χ0) is 15.5. The summed E-state index contributed by atoms with van der Waals surface area (Å²) in [6.07, 6.45) is 6.75. The molecule has 1 saturated heterocycles. The third kappa shape index (κ3) is 2.95. The van der Waals surface area contributed by atoms with Crippen LogP contribution in [0.4, 0.5) is 0 Å². The molecule has 1 aliphatic carbocycles. The molecule has 1 nitrogen and oxygen atoms in total. The van der Waals surface area contributed by atoms with Gasteiger partial charge in [-0.05, 0) is 49.3 Å². The normalized spacial score (nSPS) is 27.7. The second-order valence-electron chi connectivity index (χ2n) is 7.40. The minimum atomic E-state index is 0.477. The lowest BCUT2D eigenvalue weighted by Crippen LogP contribution is -2.47. The molecule has 0 aromatic heterocycles. The molecule has 1 heteroatoms. The van der Waals surface area contributed by atoms with Crippen molar-refractivity contribution in [1.82, 2.24) is 4.90 Å². The summed E-state index contributed by atoms with van der Waals surface area (Å²) in [5.41, 5.74) is 3.55. The minimum absolute atomic E-state index is 0.477. The van der Waals surface area contributed by atoms with Gasteiger partial charge in [-0.2, -0.15) is 0 Å². The molecule has 0 N–H and O–H groups in total. The second kappa shape index (κ2) is 6.49. The maximum Gasteiger partial charge on any atom is 0.00219 e. The van der Waals surface area contributed by atoms with Crippen LogP contribution in [0.5, 0.6) is 0 Å². The lowest BCUT2D eigenvalue weighted by molar-refractivity contribution is 0.112. The Morgan fingerprint density at radius 3 is 2.43 bits per heavy atom. The maximum absolute atomic E-state index is 2.71. The fourth-order valence-corrected chi connectivity index (χ4v) is 4.93. The molecular formula is C22H27N. The Labute approximate surface area is 140 Å². The number of hydrogen-bond acceptors (Lipinski definition) is 1. The van der Waals surface area contributed by atoms with E-state index in [0.29, 0.717) is 5.41 Å². The highest BCUT2D eigenvalue weighted by molar-refractivity contribution is 5.29. The van der Waals surface area contributed by atoms with Crippen molar-refractivity contribution in [2.24, 2.45) is 5.92 Å². The molecule has 2 unspecified atom stereocenters. The van der Waals surface area contributed by atoms with Crippen LogP contribution in [0.3, 0.4) is 0 Å². The van der Waals surface area contributed by atoms with Crippen LogP contribution >= 0.6 is 0 Å². The van der Waals surface area contributed by atoms with E-state index < -0.39 is 0 Å². The third-order valence-electron chi connectivity index (χ3n) is 6.22. The van der Waals surface area contributed by atoms with E-state index in [1.54, 1.807) is 5.56 Å². The van der Waals surface area contributed by atoms with E-state index in [9.17, 15) is 0 Å². The van der Waals surface area contributed by atoms with Gasteiger partial charge in [0.25, 0.3) is 0 Å². The molecule has 120 valence electrons. The van der Waals surface area contributed by atoms with E-state index in [2.05, 4.69) is 65.6 Å². The Hall–Kier alpha value is -1.60. The smallest absolute Gasteiger partial charge is 0.00219 e. The number of nitrogens with zero attached hydrogens (tertiary/aromatic N) is 1. The second-order valence-corrected chi connectivity index (χ2v) is 7.40. The summed E-state index contributed by atoms with van der Waals surface area (Å²) in [4.78, 5) is 2.71. The summed E-state index contributed by atoms with van der Waals surface area (Å²) >= 11 is 0. The number of likely N-dealkylation sites (tertiary alicyclic amines) is 1. The molecule has 1 heterocycles. The molecule has 2 aromatic carbocycles. The molecule has 0 amide bonds. The summed E-state index contributed by atoms with van der Waals surface area (Å²) in [6.45, 7) is 3.77. The zero-order valence-electron chi connectivity index (χ0n) is 14.0. The van der Waals surface area contributed by atoms with Crippen molar-refractivity contribution in [3.05, 3.63) is 71.8 Å². The van der Waals surface area contributed by atoms with E-state index in [0.717, 1.165) is 5.92 Å². The Kier molecular flexibility index (Phi) is 4.22. The number of fused-ring (bicyclic) bond motifs is 1. The van der Waals surface area contributed by atoms with Crippen LogP contribution in [-0.4, -0.2) is 24.5 Å². The van der Waals surface area contributed by atoms with E-state index in [1.165, 1.54) is 57.3 Å². The van der Waals surface area contributed by atoms with Crippen LogP contribution < -0.4 is 0 Å². The van der Waals surface area contributed by atoms with Gasteiger partial charge in [0, 0.05) is 18.5 Å². The highest BCUT2D eigenvalue weighted by Crippen LogP contribution is 2.50. The van der Waals surface area contributed by atoms with Gasteiger partial charge in [0.2, 0.25) is 0 Å². The van der Waals surface area contributed by atoms with E-state index in [-0.39, 0.29) is 0 Å². The Morgan fingerprint density at radius 1 is 0.913 bits per heavy atom. The number of hydrogen-bond donors (Lipinski definition) is 0. The van der Waals surface area contributed by atoms with Crippen LogP contribution in [-0.2, 0) is 11.8 Å². The summed E-state index contributed by atoms with van der Waals surface area (Å²) in [6, 6.07) is 22.3. The summed E-state index contributed by atoms with van der Waals surface area (Å²) < 4.78 is 0. The molecule has 1 saturated carbocycles. The maximum atomic E-state index is 2.71. The number of benzene rings is 2. The van der Waals surface area contributed by atoms with Gasteiger partial charge < -0.3 is 4.90 Å². The fraction of sp³-hybridized carbons (Fsp3) is 0.455. The van der Waals surface area contributed by atoms with Gasteiger partial charge in [0.1, 0.15) is 0 Å². The molecule has 0 spiro atoms. The molecule has 0 radical (unpaired) electrons. The first-order valence-electron chi connectivity index (χ1n) is 9.19. The Balaban J connectivity index is 1.43. The van der Waals surface area contributed by atoms with Crippen molar-refractivity contribution < 1.29 is 0 Å². The van der Waals surface area contributed by atoms with Crippen molar-refractivity contribution in [1.29, 1.82) is 0 Å². The fourth-order valence-electron chi connectivity index (χ4n) is 4.93. The summed E-state index contributed by atoms with van der Waals surface area (Å²) in [7, 11) is 0. The van der Waals surface area contributed by atoms with Crippen LogP contribution in [0.25, 0.3) is 0 Å². The molecule has 2 fully saturated rings. The van der Waals surface area contributed by atoms with Crippen LogP contribution in [0.1, 0.15) is 36.8 Å². The topological polar surface area (TPSA) is 3.24 Å². The van der Waals surface area contributed by atoms with Crippen molar-refractivity contribution in [2.45, 2.75) is 37.5 Å². The SMILES string of the molecule is c1ccc(CCN2CCC3(c4ccccc4)CCCC3C2)cc1. The first kappa shape index (κ1) is 15.0. The first-order chi connectivity index (χ1) is 11.4. The number of rotatable bonds is 4. The lowest BCUT2D eigenvalue weighted by atomic mass is 9.68. The molecule has 2 aromatic rings. The van der Waals surface area contributed by atoms with Crippen molar-refractivity contribution in [2.75, 3.05) is 19.6 Å². The van der Waals surface area contributed by atoms with Gasteiger partial charge in [-0.15, -0.1) is 0 Å². The molecule has 4 rings (SSSR count). The molecule has 0 bridgehead atoms. The Bertz CT molecular complexity index is 621. The quantitative estimate of drug-likeness (QED) is 0.793. The molecule has 23 heavy (non-hydrogen) atoms. The first-order valence-corrected chi connectivity index (χ1v) is 9.19. The largest absolute Gasteiger partial charge is 0.303 e. The number of piperidine rings is 1. The predicted octanol–water partition coefficient (Wildman–Crippen LogP) is 4.67.